The maximum absolute atomic E-state index is 13.1. The largest absolute Gasteiger partial charge is 0.373 e. The fourth-order valence-electron chi connectivity index (χ4n) is 4.26. The highest BCUT2D eigenvalue weighted by Gasteiger charge is 2.36. The van der Waals surface area contributed by atoms with Gasteiger partial charge in [-0.15, -0.1) is 0 Å². The van der Waals surface area contributed by atoms with E-state index in [1.54, 1.807) is 8.61 Å². The van der Waals surface area contributed by atoms with Crippen LogP contribution in [0.25, 0.3) is 5.69 Å². The lowest BCUT2D eigenvalue weighted by molar-refractivity contribution is -0.0458. The molecule has 9 nitrogen and oxygen atoms in total. The molecule has 0 saturated carbocycles. The van der Waals surface area contributed by atoms with Gasteiger partial charge in [-0.2, -0.15) is 22.1 Å². The van der Waals surface area contributed by atoms with Crippen molar-refractivity contribution in [2.24, 2.45) is 0 Å². The van der Waals surface area contributed by atoms with Crippen molar-refractivity contribution >= 4 is 22.4 Å². The van der Waals surface area contributed by atoms with Gasteiger partial charge in [0.2, 0.25) is 4.77 Å². The Labute approximate surface area is 189 Å². The van der Waals surface area contributed by atoms with Crippen LogP contribution >= 0.6 is 12.2 Å². The summed E-state index contributed by atoms with van der Waals surface area (Å²) in [5, 5.41) is 4.62. The third kappa shape index (κ3) is 4.76. The topological polar surface area (TPSA) is 75.8 Å². The van der Waals surface area contributed by atoms with E-state index in [0.717, 1.165) is 11.5 Å². The maximum Gasteiger partial charge on any atom is 0.282 e. The predicted molar refractivity (Wildman–Crippen MR) is 121 cm³/mol. The maximum atomic E-state index is 13.1. The van der Waals surface area contributed by atoms with Crippen LogP contribution in [0.15, 0.2) is 30.3 Å². The van der Waals surface area contributed by atoms with Crippen LogP contribution in [0.4, 0.5) is 0 Å². The molecule has 11 heteroatoms. The van der Waals surface area contributed by atoms with Gasteiger partial charge in [0.05, 0.1) is 18.9 Å². The fraction of sp³-hybridized carbons (Fsp3) is 0.600. The normalized spacial score (nSPS) is 24.5. The van der Waals surface area contributed by atoms with E-state index >= 15 is 0 Å². The molecular formula is C20H30N6O3S2. The van der Waals surface area contributed by atoms with Crippen molar-refractivity contribution < 1.29 is 13.2 Å². The minimum Gasteiger partial charge on any atom is -0.373 e. The number of nitrogens with zero attached hydrogens (tertiary/aromatic N) is 6. The zero-order valence-electron chi connectivity index (χ0n) is 18.2. The van der Waals surface area contributed by atoms with Crippen LogP contribution in [-0.4, -0.2) is 87.8 Å². The number of aryl methyl sites for hydroxylation is 1. The average Bonchev–Trinajstić information content (AvgIpc) is 3.01. The summed E-state index contributed by atoms with van der Waals surface area (Å²) in [6.45, 7) is 9.28. The van der Waals surface area contributed by atoms with E-state index in [4.69, 9.17) is 17.0 Å². The Balaban J connectivity index is 1.41. The Morgan fingerprint density at radius 1 is 1.03 bits per heavy atom. The standard InChI is InChI=1S/C20H30N6O3S2/c1-16-13-24(14-17(2)29-16)31(27,28)23-11-9-22(10-12-23)15-25-20(30)26(18(3)21-25)19-7-5-4-6-8-19/h4-8,16-17H,9-15H2,1-3H3. The Morgan fingerprint density at radius 2 is 1.65 bits per heavy atom. The molecule has 0 N–H and O–H groups in total. The number of piperazine rings is 1. The van der Waals surface area contributed by atoms with Crippen LogP contribution in [0.1, 0.15) is 19.7 Å². The number of hydrogen-bond acceptors (Lipinski definition) is 6. The van der Waals surface area contributed by atoms with Gasteiger partial charge in [-0.3, -0.25) is 9.47 Å². The van der Waals surface area contributed by atoms with E-state index in [1.165, 1.54) is 0 Å². The first-order valence-corrected chi connectivity index (χ1v) is 12.4. The summed E-state index contributed by atoms with van der Waals surface area (Å²) in [6, 6.07) is 9.93. The van der Waals surface area contributed by atoms with Crippen LogP contribution in [0, 0.1) is 11.7 Å². The van der Waals surface area contributed by atoms with Crippen molar-refractivity contribution in [3.63, 3.8) is 0 Å². The van der Waals surface area contributed by atoms with Crippen molar-refractivity contribution in [3.8, 4) is 5.69 Å². The molecule has 3 heterocycles. The van der Waals surface area contributed by atoms with Gasteiger partial charge < -0.3 is 4.74 Å². The van der Waals surface area contributed by atoms with Crippen LogP contribution in [-0.2, 0) is 21.6 Å². The highest BCUT2D eigenvalue weighted by atomic mass is 32.2. The van der Waals surface area contributed by atoms with E-state index in [0.29, 0.717) is 50.7 Å². The van der Waals surface area contributed by atoms with Gasteiger partial charge in [0.1, 0.15) is 5.82 Å². The lowest BCUT2D eigenvalue weighted by Gasteiger charge is -2.40. The number of rotatable bonds is 5. The number of benzene rings is 1. The number of hydrogen-bond donors (Lipinski definition) is 0. The lowest BCUT2D eigenvalue weighted by Crippen LogP contribution is -2.57. The molecule has 2 aliphatic rings. The van der Waals surface area contributed by atoms with Gasteiger partial charge in [0.25, 0.3) is 10.2 Å². The first-order valence-electron chi connectivity index (χ1n) is 10.6. The summed E-state index contributed by atoms with van der Waals surface area (Å²) in [7, 11) is -3.48. The second-order valence-electron chi connectivity index (χ2n) is 8.24. The van der Waals surface area contributed by atoms with Gasteiger partial charge in [-0.25, -0.2) is 4.68 Å². The highest BCUT2D eigenvalue weighted by Crippen LogP contribution is 2.19. The molecule has 2 aromatic rings. The Kier molecular flexibility index (Phi) is 6.61. The summed E-state index contributed by atoms with van der Waals surface area (Å²) < 4.78 is 39.4. The van der Waals surface area contributed by atoms with Crippen molar-refractivity contribution in [2.75, 3.05) is 39.3 Å². The summed E-state index contributed by atoms with van der Waals surface area (Å²) in [5.41, 5.74) is 0.987. The molecule has 2 unspecified atom stereocenters. The molecule has 2 aliphatic heterocycles. The second-order valence-corrected chi connectivity index (χ2v) is 10.5. The highest BCUT2D eigenvalue weighted by molar-refractivity contribution is 7.86. The summed E-state index contributed by atoms with van der Waals surface area (Å²) in [5.74, 6) is 0.827. The molecule has 2 fully saturated rings. The third-order valence-electron chi connectivity index (χ3n) is 5.72. The van der Waals surface area contributed by atoms with E-state index in [2.05, 4.69) is 10.00 Å². The summed E-state index contributed by atoms with van der Waals surface area (Å²) >= 11 is 5.67. The predicted octanol–water partition coefficient (Wildman–Crippen LogP) is 1.64. The molecule has 170 valence electrons. The molecule has 1 aromatic carbocycles. The zero-order chi connectivity index (χ0) is 22.2. The minimum atomic E-state index is -3.48. The molecule has 2 atom stereocenters. The van der Waals surface area contributed by atoms with Crippen LogP contribution in [0.5, 0.6) is 0 Å². The number of para-hydroxylation sites is 1. The van der Waals surface area contributed by atoms with E-state index < -0.39 is 10.2 Å². The van der Waals surface area contributed by atoms with Crippen molar-refractivity contribution in [1.29, 1.82) is 0 Å². The Morgan fingerprint density at radius 3 is 2.26 bits per heavy atom. The first kappa shape index (κ1) is 22.6. The Bertz CT molecular complexity index is 1050. The number of morpholine rings is 1. The number of ether oxygens (including phenoxy) is 1. The van der Waals surface area contributed by atoms with Gasteiger partial charge in [-0.05, 0) is 45.1 Å². The van der Waals surface area contributed by atoms with Crippen molar-refractivity contribution in [3.05, 3.63) is 40.9 Å². The molecule has 0 bridgehead atoms. The van der Waals surface area contributed by atoms with E-state index in [9.17, 15) is 8.42 Å². The average molecular weight is 467 g/mol. The van der Waals surface area contributed by atoms with Gasteiger partial charge in [0, 0.05) is 45.0 Å². The minimum absolute atomic E-state index is 0.0929. The molecule has 0 aliphatic carbocycles. The lowest BCUT2D eigenvalue weighted by atomic mass is 10.3. The SMILES string of the molecule is Cc1nn(CN2CCN(S(=O)(=O)N3CC(C)OC(C)C3)CC2)c(=S)n1-c1ccccc1. The quantitative estimate of drug-likeness (QED) is 0.624. The fourth-order valence-corrected chi connectivity index (χ4v) is 6.34. The summed E-state index contributed by atoms with van der Waals surface area (Å²) in [6.07, 6.45) is -0.186. The van der Waals surface area contributed by atoms with Crippen LogP contribution < -0.4 is 0 Å². The number of aromatic nitrogens is 3. The van der Waals surface area contributed by atoms with E-state index in [1.807, 2.05) is 60.4 Å². The van der Waals surface area contributed by atoms with Gasteiger partial charge in [-0.1, -0.05) is 18.2 Å². The summed E-state index contributed by atoms with van der Waals surface area (Å²) in [4.78, 5) is 2.19. The monoisotopic (exact) mass is 466 g/mol. The molecule has 0 amide bonds. The van der Waals surface area contributed by atoms with Crippen LogP contribution in [0.2, 0.25) is 0 Å². The van der Waals surface area contributed by atoms with Crippen LogP contribution in [0.3, 0.4) is 0 Å². The third-order valence-corrected chi connectivity index (χ3v) is 8.08. The molecule has 4 rings (SSSR count). The van der Waals surface area contributed by atoms with E-state index in [-0.39, 0.29) is 12.2 Å². The molecular weight excluding hydrogens is 436 g/mol. The van der Waals surface area contributed by atoms with Gasteiger partial charge >= 0.3 is 0 Å². The second kappa shape index (κ2) is 9.08. The molecule has 1 aromatic heterocycles. The smallest absolute Gasteiger partial charge is 0.282 e. The molecule has 31 heavy (non-hydrogen) atoms. The molecule has 0 spiro atoms. The van der Waals surface area contributed by atoms with Gasteiger partial charge in [0.15, 0.2) is 0 Å². The molecule has 2 saturated heterocycles. The van der Waals surface area contributed by atoms with Crippen molar-refractivity contribution in [1.82, 2.24) is 27.9 Å². The first-order chi connectivity index (χ1) is 14.8. The zero-order valence-corrected chi connectivity index (χ0v) is 19.8. The Hall–Kier alpha value is -1.63. The van der Waals surface area contributed by atoms with Crippen molar-refractivity contribution in [2.45, 2.75) is 39.6 Å². The molecule has 0 radical (unpaired) electrons.